The highest BCUT2D eigenvalue weighted by atomic mass is 35.5. The summed E-state index contributed by atoms with van der Waals surface area (Å²) in [5, 5.41) is 23.7. The molecule has 148 valence electrons. The molecule has 0 atom stereocenters. The van der Waals surface area contributed by atoms with E-state index in [2.05, 4.69) is 15.0 Å². The van der Waals surface area contributed by atoms with Crippen molar-refractivity contribution in [3.8, 4) is 39.1 Å². The number of halogens is 2. The number of nitrogens with zero attached hydrogens (tertiary/aromatic N) is 4. The molecule has 0 amide bonds. The van der Waals surface area contributed by atoms with Crippen molar-refractivity contribution in [3.63, 3.8) is 0 Å². The van der Waals surface area contributed by atoms with Gasteiger partial charge in [-0.25, -0.2) is 15.0 Å². The number of phenolic OH excluding ortho intramolecular Hbond substituents is 1. The van der Waals surface area contributed by atoms with E-state index in [9.17, 15) is 10.3 Å². The number of thiophene rings is 1. The molecule has 0 aliphatic rings. The van der Waals surface area contributed by atoms with E-state index in [1.807, 2.05) is 24.6 Å². The second-order valence-corrected chi connectivity index (χ2v) is 8.59. The van der Waals surface area contributed by atoms with Crippen LogP contribution in [0.1, 0.15) is 5.56 Å². The van der Waals surface area contributed by atoms with Crippen molar-refractivity contribution in [1.29, 1.82) is 0 Å². The Morgan fingerprint density at radius 2 is 1.86 bits per heavy atom. The standard InChI is InChI=1S/C19H14Cl2N4O2S2/c1-9-4-6-29-17(9)16-15(13-3-5-22-19(23-13)28-2)24-18(25(16)27)14-11(20)7-10(26)8-12(14)21/h3-8,26-27H,1-2H3. The smallest absolute Gasteiger partial charge is 0.187 e. The highest BCUT2D eigenvalue weighted by molar-refractivity contribution is 7.98. The molecule has 1 aromatic carbocycles. The van der Waals surface area contributed by atoms with Crippen LogP contribution in [0.15, 0.2) is 41.0 Å². The number of aromatic hydroxyl groups is 1. The van der Waals surface area contributed by atoms with Gasteiger partial charge in [-0.2, -0.15) is 4.73 Å². The first-order valence-corrected chi connectivity index (χ1v) is 11.2. The maximum Gasteiger partial charge on any atom is 0.187 e. The summed E-state index contributed by atoms with van der Waals surface area (Å²) in [6.45, 7) is 1.95. The van der Waals surface area contributed by atoms with Crippen LogP contribution in [0.3, 0.4) is 0 Å². The van der Waals surface area contributed by atoms with Crippen molar-refractivity contribution in [3.05, 3.63) is 51.5 Å². The summed E-state index contributed by atoms with van der Waals surface area (Å²) >= 11 is 15.5. The van der Waals surface area contributed by atoms with Crippen LogP contribution in [0.25, 0.3) is 33.3 Å². The van der Waals surface area contributed by atoms with Crippen LogP contribution in [-0.2, 0) is 0 Å². The maximum atomic E-state index is 11.1. The number of hydrogen-bond donors (Lipinski definition) is 2. The quantitative estimate of drug-likeness (QED) is 0.218. The van der Waals surface area contributed by atoms with Crippen LogP contribution in [-0.4, -0.2) is 36.3 Å². The molecule has 3 heterocycles. The van der Waals surface area contributed by atoms with E-state index < -0.39 is 0 Å². The molecule has 0 fully saturated rings. The number of benzene rings is 1. The van der Waals surface area contributed by atoms with E-state index >= 15 is 0 Å². The van der Waals surface area contributed by atoms with Gasteiger partial charge in [-0.15, -0.1) is 11.3 Å². The molecule has 6 nitrogen and oxygen atoms in total. The Kier molecular flexibility index (Phi) is 5.44. The summed E-state index contributed by atoms with van der Waals surface area (Å²) in [6, 6.07) is 6.40. The van der Waals surface area contributed by atoms with Crippen LogP contribution in [0, 0.1) is 6.92 Å². The summed E-state index contributed by atoms with van der Waals surface area (Å²) in [6.07, 6.45) is 3.53. The highest BCUT2D eigenvalue weighted by Gasteiger charge is 2.26. The minimum absolute atomic E-state index is 0.0743. The third kappa shape index (κ3) is 3.57. The molecule has 4 rings (SSSR count). The minimum atomic E-state index is -0.0743. The summed E-state index contributed by atoms with van der Waals surface area (Å²) < 4.78 is 0.971. The van der Waals surface area contributed by atoms with Gasteiger partial charge < -0.3 is 10.3 Å². The molecule has 4 aromatic rings. The SMILES string of the molecule is CSc1nccc(-c2nc(-c3c(Cl)cc(O)cc3Cl)n(O)c2-c2sccc2C)n1. The minimum Gasteiger partial charge on any atom is -0.508 e. The van der Waals surface area contributed by atoms with E-state index in [-0.39, 0.29) is 21.6 Å². The number of phenols is 1. The van der Waals surface area contributed by atoms with Gasteiger partial charge in [0.25, 0.3) is 0 Å². The maximum absolute atomic E-state index is 11.1. The van der Waals surface area contributed by atoms with Gasteiger partial charge in [-0.1, -0.05) is 35.0 Å². The number of imidazole rings is 1. The van der Waals surface area contributed by atoms with Crippen LogP contribution >= 0.6 is 46.3 Å². The molecule has 3 aromatic heterocycles. The van der Waals surface area contributed by atoms with Crippen molar-refractivity contribution < 1.29 is 10.3 Å². The Labute approximate surface area is 184 Å². The molecule has 10 heteroatoms. The molecular weight excluding hydrogens is 451 g/mol. The van der Waals surface area contributed by atoms with Crippen molar-refractivity contribution in [1.82, 2.24) is 19.7 Å². The van der Waals surface area contributed by atoms with Gasteiger partial charge in [-0.05, 0) is 48.4 Å². The number of aryl methyl sites for hydroxylation is 1. The van der Waals surface area contributed by atoms with Gasteiger partial charge in [0.05, 0.1) is 26.2 Å². The zero-order chi connectivity index (χ0) is 20.7. The lowest BCUT2D eigenvalue weighted by atomic mass is 10.1. The Morgan fingerprint density at radius 3 is 2.48 bits per heavy atom. The Morgan fingerprint density at radius 1 is 1.14 bits per heavy atom. The lowest BCUT2D eigenvalue weighted by molar-refractivity contribution is 0.195. The predicted octanol–water partition coefficient (Wildman–Crippen LogP) is 6.02. The number of hydrogen-bond acceptors (Lipinski definition) is 7. The Bertz CT molecular complexity index is 1200. The average Bonchev–Trinajstić information content (AvgIpc) is 3.24. The van der Waals surface area contributed by atoms with Crippen LogP contribution < -0.4 is 0 Å². The molecule has 0 saturated heterocycles. The molecule has 0 unspecified atom stereocenters. The third-order valence-electron chi connectivity index (χ3n) is 4.24. The van der Waals surface area contributed by atoms with Gasteiger partial charge in [0.15, 0.2) is 11.0 Å². The largest absolute Gasteiger partial charge is 0.508 e. The summed E-state index contributed by atoms with van der Waals surface area (Å²) in [7, 11) is 0. The lowest BCUT2D eigenvalue weighted by Crippen LogP contribution is -1.98. The van der Waals surface area contributed by atoms with Gasteiger partial charge in [-0.3, -0.25) is 0 Å². The molecule has 0 radical (unpaired) electrons. The molecule has 2 N–H and O–H groups in total. The van der Waals surface area contributed by atoms with Gasteiger partial charge in [0, 0.05) is 6.20 Å². The monoisotopic (exact) mass is 464 g/mol. The van der Waals surface area contributed by atoms with E-state index in [0.29, 0.717) is 27.8 Å². The van der Waals surface area contributed by atoms with Crippen molar-refractivity contribution >= 4 is 46.3 Å². The molecule has 29 heavy (non-hydrogen) atoms. The first kappa shape index (κ1) is 20.0. The average molecular weight is 465 g/mol. The molecule has 0 aliphatic carbocycles. The first-order chi connectivity index (χ1) is 13.9. The second kappa shape index (κ2) is 7.87. The number of aromatic nitrogens is 4. The van der Waals surface area contributed by atoms with E-state index in [1.54, 1.807) is 12.3 Å². The Hall–Kier alpha value is -2.26. The van der Waals surface area contributed by atoms with E-state index in [1.165, 1.54) is 35.2 Å². The Balaban J connectivity index is 2.04. The molecule has 0 spiro atoms. The third-order valence-corrected chi connectivity index (χ3v) is 6.42. The summed E-state index contributed by atoms with van der Waals surface area (Å²) in [4.78, 5) is 14.2. The van der Waals surface area contributed by atoms with Gasteiger partial charge >= 0.3 is 0 Å². The zero-order valence-electron chi connectivity index (χ0n) is 15.2. The molecule has 0 aliphatic heterocycles. The molecule has 0 saturated carbocycles. The fourth-order valence-corrected chi connectivity index (χ4v) is 4.87. The first-order valence-electron chi connectivity index (χ1n) is 8.33. The van der Waals surface area contributed by atoms with Crippen LogP contribution in [0.4, 0.5) is 0 Å². The van der Waals surface area contributed by atoms with Gasteiger partial charge in [0.1, 0.15) is 17.1 Å². The van der Waals surface area contributed by atoms with Crippen molar-refractivity contribution in [2.75, 3.05) is 6.26 Å². The normalized spacial score (nSPS) is 11.2. The fourth-order valence-electron chi connectivity index (χ4n) is 2.92. The van der Waals surface area contributed by atoms with Gasteiger partial charge in [0.2, 0.25) is 0 Å². The predicted molar refractivity (Wildman–Crippen MR) is 117 cm³/mol. The van der Waals surface area contributed by atoms with Crippen molar-refractivity contribution in [2.24, 2.45) is 0 Å². The van der Waals surface area contributed by atoms with Crippen LogP contribution in [0.5, 0.6) is 5.75 Å². The molecule has 0 bridgehead atoms. The zero-order valence-corrected chi connectivity index (χ0v) is 18.4. The summed E-state index contributed by atoms with van der Waals surface area (Å²) in [5.74, 6) is 0.0804. The number of thioether (sulfide) groups is 1. The fraction of sp³-hybridized carbons (Fsp3) is 0.105. The topological polar surface area (TPSA) is 84.1 Å². The summed E-state index contributed by atoms with van der Waals surface area (Å²) in [5.41, 5.74) is 2.83. The highest BCUT2D eigenvalue weighted by Crippen LogP contribution is 2.43. The molecular formula is C19H14Cl2N4O2S2. The lowest BCUT2D eigenvalue weighted by Gasteiger charge is -2.08. The number of rotatable bonds is 4. The van der Waals surface area contributed by atoms with Crippen molar-refractivity contribution in [2.45, 2.75) is 12.1 Å². The van der Waals surface area contributed by atoms with E-state index in [4.69, 9.17) is 23.2 Å². The van der Waals surface area contributed by atoms with Crippen LogP contribution in [0.2, 0.25) is 10.0 Å². The second-order valence-electron chi connectivity index (χ2n) is 6.09. The van der Waals surface area contributed by atoms with E-state index in [0.717, 1.165) is 15.2 Å².